The van der Waals surface area contributed by atoms with Gasteiger partial charge in [-0.25, -0.2) is 0 Å². The Labute approximate surface area is 72.9 Å². The van der Waals surface area contributed by atoms with Crippen LogP contribution in [0.3, 0.4) is 0 Å². The molecule has 0 aromatic rings. The number of hydrogen-bond acceptors (Lipinski definition) is 3. The summed E-state index contributed by atoms with van der Waals surface area (Å²) >= 11 is 0. The quantitative estimate of drug-likeness (QED) is 0.521. The molecule has 1 atom stereocenters. The van der Waals surface area contributed by atoms with Gasteiger partial charge >= 0.3 is 0 Å². The van der Waals surface area contributed by atoms with E-state index in [1.807, 2.05) is 6.92 Å². The van der Waals surface area contributed by atoms with Crippen LogP contribution < -0.4 is 16.4 Å². The molecular formula is C8H17N3O. The summed E-state index contributed by atoms with van der Waals surface area (Å²) in [6.45, 7) is 3.94. The summed E-state index contributed by atoms with van der Waals surface area (Å²) in [5.74, 6) is 0.0745. The van der Waals surface area contributed by atoms with Gasteiger partial charge in [0.1, 0.15) is 0 Å². The molecule has 0 aliphatic carbocycles. The first-order valence-electron chi connectivity index (χ1n) is 4.42. The van der Waals surface area contributed by atoms with E-state index in [0.29, 0.717) is 13.1 Å². The third-order valence-corrected chi connectivity index (χ3v) is 2.30. The van der Waals surface area contributed by atoms with Crippen LogP contribution in [0.25, 0.3) is 0 Å². The van der Waals surface area contributed by atoms with E-state index in [-0.39, 0.29) is 11.4 Å². The van der Waals surface area contributed by atoms with E-state index < -0.39 is 0 Å². The Kier molecular flexibility index (Phi) is 3.05. The summed E-state index contributed by atoms with van der Waals surface area (Å²) in [6.07, 6.45) is 2.00. The summed E-state index contributed by atoms with van der Waals surface area (Å²) in [5.41, 5.74) is 4.93. The monoisotopic (exact) mass is 171 g/mol. The van der Waals surface area contributed by atoms with E-state index in [9.17, 15) is 4.79 Å². The summed E-state index contributed by atoms with van der Waals surface area (Å²) in [4.78, 5) is 11.5. The Hall–Kier alpha value is -0.610. The maximum absolute atomic E-state index is 11.5. The first-order valence-corrected chi connectivity index (χ1v) is 4.42. The van der Waals surface area contributed by atoms with E-state index >= 15 is 0 Å². The molecule has 0 aromatic carbocycles. The van der Waals surface area contributed by atoms with Crippen LogP contribution in [0.1, 0.15) is 19.8 Å². The minimum Gasteiger partial charge on any atom is -0.353 e. The van der Waals surface area contributed by atoms with Crippen LogP contribution in [0.2, 0.25) is 0 Å². The standard InChI is InChI=1S/C8H17N3O/c1-8(3-2-5-11-8)7(12)10-6-4-9/h11H,2-6,9H2,1H3,(H,10,12). The second-order valence-electron chi connectivity index (χ2n) is 3.41. The maximum Gasteiger partial charge on any atom is 0.240 e. The Morgan fingerprint density at radius 1 is 1.75 bits per heavy atom. The number of carbonyl (C=O) groups excluding carboxylic acids is 1. The number of nitrogens with one attached hydrogen (secondary N) is 2. The molecule has 0 bridgehead atoms. The fourth-order valence-corrected chi connectivity index (χ4v) is 1.47. The second kappa shape index (κ2) is 3.87. The molecule has 0 aromatic heterocycles. The van der Waals surface area contributed by atoms with Gasteiger partial charge in [0.05, 0.1) is 5.54 Å². The van der Waals surface area contributed by atoms with Gasteiger partial charge in [0.15, 0.2) is 0 Å². The Balaban J connectivity index is 2.39. The highest BCUT2D eigenvalue weighted by Gasteiger charge is 2.35. The van der Waals surface area contributed by atoms with Gasteiger partial charge in [-0.1, -0.05) is 0 Å². The number of rotatable bonds is 3. The Morgan fingerprint density at radius 2 is 2.50 bits per heavy atom. The molecule has 1 rings (SSSR count). The van der Waals surface area contributed by atoms with Gasteiger partial charge in [-0.2, -0.15) is 0 Å². The molecule has 1 heterocycles. The van der Waals surface area contributed by atoms with Crippen LogP contribution in [0.15, 0.2) is 0 Å². The van der Waals surface area contributed by atoms with Gasteiger partial charge < -0.3 is 16.4 Å². The van der Waals surface area contributed by atoms with E-state index in [2.05, 4.69) is 10.6 Å². The molecule has 1 aliphatic rings. The van der Waals surface area contributed by atoms with Crippen molar-refractivity contribution in [1.82, 2.24) is 10.6 Å². The second-order valence-corrected chi connectivity index (χ2v) is 3.41. The lowest BCUT2D eigenvalue weighted by Gasteiger charge is -2.22. The normalized spacial score (nSPS) is 28.8. The smallest absolute Gasteiger partial charge is 0.240 e. The zero-order valence-electron chi connectivity index (χ0n) is 7.52. The van der Waals surface area contributed by atoms with Crippen molar-refractivity contribution in [2.75, 3.05) is 19.6 Å². The van der Waals surface area contributed by atoms with E-state index in [0.717, 1.165) is 19.4 Å². The zero-order chi connectivity index (χ0) is 9.03. The summed E-state index contributed by atoms with van der Waals surface area (Å²) in [6, 6.07) is 0. The van der Waals surface area contributed by atoms with Crippen LogP contribution in [0, 0.1) is 0 Å². The van der Waals surface area contributed by atoms with Crippen molar-refractivity contribution >= 4 is 5.91 Å². The maximum atomic E-state index is 11.5. The van der Waals surface area contributed by atoms with Gasteiger partial charge in [-0.15, -0.1) is 0 Å². The Bertz CT molecular complexity index is 164. The van der Waals surface area contributed by atoms with Crippen molar-refractivity contribution in [3.05, 3.63) is 0 Å². The van der Waals surface area contributed by atoms with E-state index in [4.69, 9.17) is 5.73 Å². The van der Waals surface area contributed by atoms with Gasteiger partial charge in [-0.3, -0.25) is 4.79 Å². The van der Waals surface area contributed by atoms with Crippen molar-refractivity contribution in [3.8, 4) is 0 Å². The van der Waals surface area contributed by atoms with Crippen molar-refractivity contribution in [1.29, 1.82) is 0 Å². The van der Waals surface area contributed by atoms with Gasteiger partial charge in [0, 0.05) is 13.1 Å². The molecular weight excluding hydrogens is 154 g/mol. The lowest BCUT2D eigenvalue weighted by Crippen LogP contribution is -2.51. The van der Waals surface area contributed by atoms with Gasteiger partial charge in [0.2, 0.25) is 5.91 Å². The predicted octanol–water partition coefficient (Wildman–Crippen LogP) is -0.797. The fraction of sp³-hybridized carbons (Fsp3) is 0.875. The van der Waals surface area contributed by atoms with Crippen molar-refractivity contribution in [2.45, 2.75) is 25.3 Å². The lowest BCUT2D eigenvalue weighted by molar-refractivity contribution is -0.126. The highest BCUT2D eigenvalue weighted by atomic mass is 16.2. The summed E-state index contributed by atoms with van der Waals surface area (Å²) < 4.78 is 0. The highest BCUT2D eigenvalue weighted by molar-refractivity contribution is 5.86. The molecule has 1 saturated heterocycles. The third-order valence-electron chi connectivity index (χ3n) is 2.30. The molecule has 70 valence electrons. The molecule has 1 aliphatic heterocycles. The fourth-order valence-electron chi connectivity index (χ4n) is 1.47. The molecule has 0 saturated carbocycles. The third kappa shape index (κ3) is 1.95. The van der Waals surface area contributed by atoms with Crippen molar-refractivity contribution in [2.24, 2.45) is 5.73 Å². The number of amides is 1. The summed E-state index contributed by atoms with van der Waals surface area (Å²) in [7, 11) is 0. The SMILES string of the molecule is CC1(C(=O)NCCN)CCCN1. The molecule has 0 spiro atoms. The van der Waals surface area contributed by atoms with Crippen LogP contribution >= 0.6 is 0 Å². The minimum absolute atomic E-state index is 0.0745. The first-order chi connectivity index (χ1) is 5.69. The molecule has 4 nitrogen and oxygen atoms in total. The van der Waals surface area contributed by atoms with Crippen LogP contribution in [0.4, 0.5) is 0 Å². The average molecular weight is 171 g/mol. The zero-order valence-corrected chi connectivity index (χ0v) is 7.52. The average Bonchev–Trinajstić information content (AvgIpc) is 2.49. The molecule has 0 radical (unpaired) electrons. The van der Waals surface area contributed by atoms with Crippen LogP contribution in [-0.2, 0) is 4.79 Å². The molecule has 1 amide bonds. The van der Waals surface area contributed by atoms with Gasteiger partial charge in [0.25, 0.3) is 0 Å². The lowest BCUT2D eigenvalue weighted by atomic mass is 9.99. The molecule has 4 heteroatoms. The Morgan fingerprint density at radius 3 is 3.00 bits per heavy atom. The molecule has 4 N–H and O–H groups in total. The highest BCUT2D eigenvalue weighted by Crippen LogP contribution is 2.17. The predicted molar refractivity (Wildman–Crippen MR) is 47.7 cm³/mol. The topological polar surface area (TPSA) is 67.2 Å². The first kappa shape index (κ1) is 9.48. The van der Waals surface area contributed by atoms with Gasteiger partial charge in [-0.05, 0) is 26.3 Å². The van der Waals surface area contributed by atoms with Crippen molar-refractivity contribution < 1.29 is 4.79 Å². The molecule has 1 unspecified atom stereocenters. The van der Waals surface area contributed by atoms with E-state index in [1.165, 1.54) is 0 Å². The number of nitrogens with two attached hydrogens (primary N) is 1. The number of hydrogen-bond donors (Lipinski definition) is 3. The number of carbonyl (C=O) groups is 1. The van der Waals surface area contributed by atoms with Crippen LogP contribution in [-0.4, -0.2) is 31.1 Å². The molecule has 12 heavy (non-hydrogen) atoms. The summed E-state index contributed by atoms with van der Waals surface area (Å²) in [5, 5.41) is 5.98. The van der Waals surface area contributed by atoms with Crippen LogP contribution in [0.5, 0.6) is 0 Å². The molecule has 1 fully saturated rings. The van der Waals surface area contributed by atoms with Crippen molar-refractivity contribution in [3.63, 3.8) is 0 Å². The minimum atomic E-state index is -0.352. The largest absolute Gasteiger partial charge is 0.353 e. The van der Waals surface area contributed by atoms with E-state index in [1.54, 1.807) is 0 Å².